The maximum Gasteiger partial charge on any atom is 0.253 e. The van der Waals surface area contributed by atoms with Crippen LogP contribution >= 0.6 is 0 Å². The molecule has 3 rings (SSSR count). The van der Waals surface area contributed by atoms with Crippen LogP contribution in [-0.4, -0.2) is 35.8 Å². The summed E-state index contributed by atoms with van der Waals surface area (Å²) in [5.74, 6) is -2.49. The van der Waals surface area contributed by atoms with E-state index in [1.807, 2.05) is 18.2 Å². The van der Waals surface area contributed by atoms with Crippen LogP contribution in [0.2, 0.25) is 0 Å². The van der Waals surface area contributed by atoms with Gasteiger partial charge in [0.25, 0.3) is 11.8 Å². The van der Waals surface area contributed by atoms with Gasteiger partial charge >= 0.3 is 0 Å². The lowest BCUT2D eigenvalue weighted by Crippen LogP contribution is -2.46. The first-order valence-corrected chi connectivity index (χ1v) is 8.15. The fourth-order valence-electron chi connectivity index (χ4n) is 2.90. The zero-order chi connectivity index (χ0) is 17.8. The lowest BCUT2D eigenvalue weighted by molar-refractivity contribution is 0.0698. The van der Waals surface area contributed by atoms with Crippen molar-refractivity contribution in [2.75, 3.05) is 13.1 Å². The predicted octanol–water partition coefficient (Wildman–Crippen LogP) is 3.00. The molecule has 130 valence electrons. The monoisotopic (exact) mass is 344 g/mol. The maximum absolute atomic E-state index is 13.2. The summed E-state index contributed by atoms with van der Waals surface area (Å²) in [6, 6.07) is 12.0. The molecule has 2 aromatic carbocycles. The van der Waals surface area contributed by atoms with Crippen LogP contribution in [0.5, 0.6) is 0 Å². The van der Waals surface area contributed by atoms with E-state index in [1.165, 1.54) is 6.07 Å². The molecular weight excluding hydrogens is 326 g/mol. The summed E-state index contributed by atoms with van der Waals surface area (Å²) < 4.78 is 26.2. The van der Waals surface area contributed by atoms with Crippen LogP contribution in [-0.2, 0) is 0 Å². The van der Waals surface area contributed by atoms with Crippen molar-refractivity contribution in [1.29, 1.82) is 0 Å². The minimum absolute atomic E-state index is 0.0222. The molecule has 1 aliphatic rings. The molecule has 0 bridgehead atoms. The Balaban J connectivity index is 1.54. The Kier molecular flexibility index (Phi) is 5.07. The molecule has 0 atom stereocenters. The highest BCUT2D eigenvalue weighted by molar-refractivity contribution is 5.95. The number of benzene rings is 2. The third-order valence-corrected chi connectivity index (χ3v) is 4.32. The molecule has 0 aliphatic carbocycles. The number of piperidine rings is 1. The molecule has 2 aromatic rings. The Morgan fingerprint density at radius 1 is 0.920 bits per heavy atom. The van der Waals surface area contributed by atoms with E-state index in [0.29, 0.717) is 31.5 Å². The molecule has 0 saturated carbocycles. The summed E-state index contributed by atoms with van der Waals surface area (Å²) in [6.07, 6.45) is 1.24. The standard InChI is InChI=1S/C19H18F2N2O2/c20-16-7-6-14(12-17(16)21)18(24)22-15-8-10-23(11-9-15)19(25)13-4-2-1-3-5-13/h1-7,12,15H,8-11H2,(H,22,24). The van der Waals surface area contributed by atoms with E-state index in [1.54, 1.807) is 17.0 Å². The number of carbonyl (C=O) groups excluding carboxylic acids is 2. The quantitative estimate of drug-likeness (QED) is 0.931. The number of amides is 2. The fraction of sp³-hybridized carbons (Fsp3) is 0.263. The summed E-state index contributed by atoms with van der Waals surface area (Å²) in [5, 5.41) is 2.82. The van der Waals surface area contributed by atoms with E-state index in [-0.39, 0.29) is 17.5 Å². The van der Waals surface area contributed by atoms with Crippen LogP contribution in [0.15, 0.2) is 48.5 Å². The van der Waals surface area contributed by atoms with Gasteiger partial charge in [-0.05, 0) is 43.2 Å². The fourth-order valence-corrected chi connectivity index (χ4v) is 2.90. The molecule has 1 N–H and O–H groups in total. The summed E-state index contributed by atoms with van der Waals surface area (Å²) in [7, 11) is 0. The van der Waals surface area contributed by atoms with Gasteiger partial charge in [-0.1, -0.05) is 18.2 Å². The average molecular weight is 344 g/mol. The number of likely N-dealkylation sites (tertiary alicyclic amines) is 1. The molecule has 4 nitrogen and oxygen atoms in total. The number of hydrogen-bond acceptors (Lipinski definition) is 2. The van der Waals surface area contributed by atoms with E-state index >= 15 is 0 Å². The average Bonchev–Trinajstić information content (AvgIpc) is 2.64. The highest BCUT2D eigenvalue weighted by Crippen LogP contribution is 2.15. The van der Waals surface area contributed by atoms with Gasteiger partial charge in [0.2, 0.25) is 0 Å². The first-order valence-electron chi connectivity index (χ1n) is 8.15. The molecule has 0 spiro atoms. The van der Waals surface area contributed by atoms with Crippen LogP contribution in [0, 0.1) is 11.6 Å². The van der Waals surface area contributed by atoms with Crippen molar-refractivity contribution in [2.45, 2.75) is 18.9 Å². The van der Waals surface area contributed by atoms with Crippen molar-refractivity contribution >= 4 is 11.8 Å². The summed E-state index contributed by atoms with van der Waals surface area (Å²) in [4.78, 5) is 26.3. The molecule has 1 aliphatic heterocycles. The summed E-state index contributed by atoms with van der Waals surface area (Å²) >= 11 is 0. The number of hydrogen-bond donors (Lipinski definition) is 1. The van der Waals surface area contributed by atoms with Crippen molar-refractivity contribution in [1.82, 2.24) is 10.2 Å². The number of rotatable bonds is 3. The van der Waals surface area contributed by atoms with E-state index in [0.717, 1.165) is 12.1 Å². The lowest BCUT2D eigenvalue weighted by Gasteiger charge is -2.32. The predicted molar refractivity (Wildman–Crippen MR) is 89.2 cm³/mol. The first-order chi connectivity index (χ1) is 12.0. The molecule has 0 radical (unpaired) electrons. The molecule has 0 aromatic heterocycles. The number of carbonyl (C=O) groups is 2. The van der Waals surface area contributed by atoms with Crippen molar-refractivity contribution in [3.05, 3.63) is 71.3 Å². The van der Waals surface area contributed by atoms with Gasteiger partial charge in [0.15, 0.2) is 11.6 Å². The normalized spacial score (nSPS) is 15.0. The number of nitrogens with one attached hydrogen (secondary N) is 1. The van der Waals surface area contributed by atoms with Gasteiger partial charge in [0.05, 0.1) is 0 Å². The van der Waals surface area contributed by atoms with E-state index in [2.05, 4.69) is 5.32 Å². The Labute approximate surface area is 144 Å². The molecular formula is C19H18F2N2O2. The molecule has 1 saturated heterocycles. The van der Waals surface area contributed by atoms with Gasteiger partial charge in [-0.2, -0.15) is 0 Å². The highest BCUT2D eigenvalue weighted by Gasteiger charge is 2.25. The van der Waals surface area contributed by atoms with Gasteiger partial charge in [0, 0.05) is 30.3 Å². The van der Waals surface area contributed by atoms with Crippen LogP contribution in [0.4, 0.5) is 8.78 Å². The van der Waals surface area contributed by atoms with Crippen LogP contribution in [0.3, 0.4) is 0 Å². The summed E-state index contributed by atoms with van der Waals surface area (Å²) in [6.45, 7) is 1.08. The minimum Gasteiger partial charge on any atom is -0.349 e. The van der Waals surface area contributed by atoms with E-state index < -0.39 is 17.5 Å². The Bertz CT molecular complexity index is 772. The van der Waals surface area contributed by atoms with Gasteiger partial charge in [-0.25, -0.2) is 8.78 Å². The molecule has 0 unspecified atom stereocenters. The Morgan fingerprint density at radius 3 is 2.24 bits per heavy atom. The topological polar surface area (TPSA) is 49.4 Å². The highest BCUT2D eigenvalue weighted by atomic mass is 19.2. The van der Waals surface area contributed by atoms with Crippen molar-refractivity contribution in [3.8, 4) is 0 Å². The van der Waals surface area contributed by atoms with Gasteiger partial charge in [-0.15, -0.1) is 0 Å². The molecule has 1 heterocycles. The SMILES string of the molecule is O=C(NC1CCN(C(=O)c2ccccc2)CC1)c1ccc(F)c(F)c1. The van der Waals surface area contributed by atoms with Gasteiger partial charge in [-0.3, -0.25) is 9.59 Å². The second kappa shape index (κ2) is 7.42. The molecule has 2 amide bonds. The van der Waals surface area contributed by atoms with Crippen molar-refractivity contribution in [2.24, 2.45) is 0 Å². The third kappa shape index (κ3) is 4.02. The lowest BCUT2D eigenvalue weighted by atomic mass is 10.0. The molecule has 25 heavy (non-hydrogen) atoms. The van der Waals surface area contributed by atoms with Crippen molar-refractivity contribution < 1.29 is 18.4 Å². The second-order valence-corrected chi connectivity index (χ2v) is 6.03. The smallest absolute Gasteiger partial charge is 0.253 e. The van der Waals surface area contributed by atoms with Gasteiger partial charge in [0.1, 0.15) is 0 Å². The molecule has 1 fully saturated rings. The first kappa shape index (κ1) is 17.1. The number of nitrogens with zero attached hydrogens (tertiary/aromatic N) is 1. The van der Waals surface area contributed by atoms with E-state index in [4.69, 9.17) is 0 Å². The van der Waals surface area contributed by atoms with E-state index in [9.17, 15) is 18.4 Å². The largest absolute Gasteiger partial charge is 0.349 e. The maximum atomic E-state index is 13.2. The Hall–Kier alpha value is -2.76. The van der Waals surface area contributed by atoms with Crippen LogP contribution in [0.25, 0.3) is 0 Å². The molecule has 6 heteroatoms. The van der Waals surface area contributed by atoms with Crippen LogP contribution < -0.4 is 5.32 Å². The zero-order valence-electron chi connectivity index (χ0n) is 13.5. The summed E-state index contributed by atoms with van der Waals surface area (Å²) in [5.41, 5.74) is 0.730. The number of halogens is 2. The Morgan fingerprint density at radius 2 is 1.60 bits per heavy atom. The second-order valence-electron chi connectivity index (χ2n) is 6.03. The third-order valence-electron chi connectivity index (χ3n) is 4.32. The van der Waals surface area contributed by atoms with Gasteiger partial charge < -0.3 is 10.2 Å². The van der Waals surface area contributed by atoms with Crippen LogP contribution in [0.1, 0.15) is 33.6 Å². The zero-order valence-corrected chi connectivity index (χ0v) is 13.5. The van der Waals surface area contributed by atoms with Crippen molar-refractivity contribution in [3.63, 3.8) is 0 Å². The minimum atomic E-state index is -1.05.